The number of allylic oxidation sites excluding steroid dienone is 2. The van der Waals surface area contributed by atoms with E-state index in [4.69, 9.17) is 9.47 Å². The van der Waals surface area contributed by atoms with Crippen LogP contribution in [0, 0.1) is 45.3 Å². The second kappa shape index (κ2) is 10.3. The lowest BCUT2D eigenvalue weighted by Gasteiger charge is -2.41. The Kier molecular flexibility index (Phi) is 6.49. The molecular weight excluding hydrogens is 625 g/mol. The number of rotatable bonds is 2. The number of nitrogens with zero attached hydrogens (tertiary/aromatic N) is 4. The highest BCUT2D eigenvalue weighted by Gasteiger charge is 2.50. The van der Waals surface area contributed by atoms with Crippen molar-refractivity contribution in [2.24, 2.45) is 0 Å². The van der Waals surface area contributed by atoms with Crippen molar-refractivity contribution in [3.05, 3.63) is 44.2 Å². The standard InChI is InChI=1S/C34H24N4O2S4/c35-15-19(16-36)11-21-13-23-27(41-21)29-25(33(39-23)7-3-1-4-8-33)31-32(43-29)26-30(44-31)28-24(40-34(26)9-5-2-6-10-34)14-22(42-28)12-20(17-37)18-38/h11-14H,1-10H2. The molecule has 8 rings (SSSR count). The summed E-state index contributed by atoms with van der Waals surface area (Å²) in [5, 5.41) is 37.5. The van der Waals surface area contributed by atoms with E-state index in [1.165, 1.54) is 43.1 Å². The summed E-state index contributed by atoms with van der Waals surface area (Å²) in [6.45, 7) is 0. The number of nitriles is 4. The van der Waals surface area contributed by atoms with Crippen molar-refractivity contribution in [3.63, 3.8) is 0 Å². The Hall–Kier alpha value is -3.90. The van der Waals surface area contributed by atoms with Gasteiger partial charge in [-0.15, -0.1) is 45.3 Å². The molecule has 4 aliphatic rings. The minimum atomic E-state index is -0.400. The highest BCUT2D eigenvalue weighted by molar-refractivity contribution is 7.34. The summed E-state index contributed by atoms with van der Waals surface area (Å²) >= 11 is 6.90. The average Bonchev–Trinajstić information content (AvgIpc) is 3.81. The zero-order valence-electron chi connectivity index (χ0n) is 23.6. The molecule has 0 atom stereocenters. The van der Waals surface area contributed by atoms with Gasteiger partial charge in [0.15, 0.2) is 0 Å². The topological polar surface area (TPSA) is 114 Å². The maximum absolute atomic E-state index is 9.38. The van der Waals surface area contributed by atoms with E-state index in [2.05, 4.69) is 0 Å². The molecule has 6 heterocycles. The van der Waals surface area contributed by atoms with Gasteiger partial charge in [0.2, 0.25) is 0 Å². The Morgan fingerprint density at radius 3 is 1.32 bits per heavy atom. The zero-order chi connectivity index (χ0) is 30.1. The van der Waals surface area contributed by atoms with Gasteiger partial charge in [-0.05, 0) is 75.7 Å². The normalized spacial score (nSPS) is 18.2. The van der Waals surface area contributed by atoms with Gasteiger partial charge in [0.1, 0.15) is 58.1 Å². The Labute approximate surface area is 270 Å². The molecule has 2 aliphatic carbocycles. The van der Waals surface area contributed by atoms with Gasteiger partial charge >= 0.3 is 0 Å². The van der Waals surface area contributed by atoms with Crippen molar-refractivity contribution >= 4 is 66.9 Å². The predicted octanol–water partition coefficient (Wildman–Crippen LogP) is 10.4. The summed E-state index contributed by atoms with van der Waals surface area (Å²) < 4.78 is 16.6. The van der Waals surface area contributed by atoms with Gasteiger partial charge in [-0.3, -0.25) is 0 Å². The first-order valence-corrected chi connectivity index (χ1v) is 18.1. The fourth-order valence-corrected chi connectivity index (χ4v) is 13.0. The molecule has 2 saturated carbocycles. The zero-order valence-corrected chi connectivity index (χ0v) is 26.9. The molecule has 4 aromatic rings. The largest absolute Gasteiger partial charge is 0.481 e. The molecule has 0 radical (unpaired) electrons. The summed E-state index contributed by atoms with van der Waals surface area (Å²) in [5.74, 6) is 1.72. The Balaban J connectivity index is 1.38. The molecule has 6 nitrogen and oxygen atoms in total. The minimum Gasteiger partial charge on any atom is -0.481 e. The Morgan fingerprint density at radius 2 is 0.955 bits per heavy atom. The second-order valence-corrected chi connectivity index (χ2v) is 16.0. The molecular formula is C34H24N4O2S4. The SMILES string of the molecule is N#CC(C#N)=Cc1cc2c(s1)-c1sc3c4c(sc3c1C1(CCCCC1)O2)-c1sc(C=C(C#N)C#N)cc1OC41CCCCC1. The van der Waals surface area contributed by atoms with Gasteiger partial charge in [0.05, 0.1) is 28.9 Å². The van der Waals surface area contributed by atoms with Crippen LogP contribution in [-0.4, -0.2) is 0 Å². The van der Waals surface area contributed by atoms with Crippen LogP contribution in [0.15, 0.2) is 23.3 Å². The summed E-state index contributed by atoms with van der Waals surface area (Å²) in [5.41, 5.74) is 1.99. The Bertz CT molecular complexity index is 1920. The van der Waals surface area contributed by atoms with E-state index in [0.717, 1.165) is 82.4 Å². The predicted molar refractivity (Wildman–Crippen MR) is 176 cm³/mol. The van der Waals surface area contributed by atoms with Crippen molar-refractivity contribution in [3.8, 4) is 55.3 Å². The smallest absolute Gasteiger partial charge is 0.140 e. The van der Waals surface area contributed by atoms with Crippen LogP contribution in [0.1, 0.15) is 85.1 Å². The van der Waals surface area contributed by atoms with E-state index in [-0.39, 0.29) is 11.1 Å². The quantitative estimate of drug-likeness (QED) is 0.200. The lowest BCUT2D eigenvalue weighted by molar-refractivity contribution is 0.0257. The highest BCUT2D eigenvalue weighted by Crippen LogP contribution is 2.65. The van der Waals surface area contributed by atoms with Crippen LogP contribution in [0.25, 0.3) is 41.1 Å². The molecule has 2 fully saturated rings. The molecule has 0 aromatic carbocycles. The van der Waals surface area contributed by atoms with E-state index in [9.17, 15) is 21.0 Å². The molecule has 2 aliphatic heterocycles. The summed E-state index contributed by atoms with van der Waals surface area (Å²) in [4.78, 5) is 6.40. The van der Waals surface area contributed by atoms with Crippen molar-refractivity contribution in [1.29, 1.82) is 21.0 Å². The van der Waals surface area contributed by atoms with Crippen LogP contribution in [-0.2, 0) is 11.2 Å². The summed E-state index contributed by atoms with van der Waals surface area (Å²) in [7, 11) is 0. The Morgan fingerprint density at radius 1 is 0.568 bits per heavy atom. The average molecular weight is 649 g/mol. The van der Waals surface area contributed by atoms with Crippen LogP contribution in [0.4, 0.5) is 0 Å². The fourth-order valence-electron chi connectivity index (χ4n) is 7.41. The van der Waals surface area contributed by atoms with Gasteiger partial charge < -0.3 is 9.47 Å². The second-order valence-electron chi connectivity index (χ2n) is 11.8. The van der Waals surface area contributed by atoms with Crippen LogP contribution < -0.4 is 9.47 Å². The maximum Gasteiger partial charge on any atom is 0.140 e. The van der Waals surface area contributed by atoms with Crippen LogP contribution in [0.3, 0.4) is 0 Å². The molecule has 0 saturated heterocycles. The number of hydrogen-bond acceptors (Lipinski definition) is 10. The van der Waals surface area contributed by atoms with Gasteiger partial charge in [-0.1, -0.05) is 12.8 Å². The minimum absolute atomic E-state index is 0.0893. The molecule has 0 bridgehead atoms. The lowest BCUT2D eigenvalue weighted by Crippen LogP contribution is -2.37. The molecule has 0 N–H and O–H groups in total. The highest BCUT2D eigenvalue weighted by atomic mass is 32.1. The summed E-state index contributed by atoms with van der Waals surface area (Å²) in [6, 6.07) is 12.0. The van der Waals surface area contributed by atoms with E-state index >= 15 is 0 Å². The third kappa shape index (κ3) is 4.03. The number of fused-ring (bicyclic) bond motifs is 11. The third-order valence-corrected chi connectivity index (χ3v) is 14.3. The lowest BCUT2D eigenvalue weighted by atomic mass is 9.76. The van der Waals surface area contributed by atoms with Crippen LogP contribution >= 0.6 is 45.3 Å². The molecule has 2 spiro atoms. The van der Waals surface area contributed by atoms with Gasteiger partial charge in [0.25, 0.3) is 0 Å². The fraction of sp³-hybridized carbons (Fsp3) is 0.353. The van der Waals surface area contributed by atoms with E-state index in [1.54, 1.807) is 34.8 Å². The molecule has 0 unspecified atom stereocenters. The van der Waals surface area contributed by atoms with Crippen molar-refractivity contribution in [1.82, 2.24) is 0 Å². The number of thiophene rings is 4. The van der Waals surface area contributed by atoms with Crippen molar-refractivity contribution in [2.45, 2.75) is 75.4 Å². The van der Waals surface area contributed by atoms with Gasteiger partial charge in [0, 0.05) is 20.9 Å². The number of ether oxygens (including phenoxy) is 2. The molecule has 0 amide bonds. The first kappa shape index (κ1) is 27.6. The van der Waals surface area contributed by atoms with Crippen molar-refractivity contribution < 1.29 is 9.47 Å². The first-order valence-electron chi connectivity index (χ1n) is 14.8. The first-order chi connectivity index (χ1) is 21.5. The van der Waals surface area contributed by atoms with E-state index in [0.29, 0.717) is 0 Å². The van der Waals surface area contributed by atoms with Crippen molar-refractivity contribution in [2.75, 3.05) is 0 Å². The van der Waals surface area contributed by atoms with E-state index in [1.807, 2.05) is 59.1 Å². The maximum atomic E-state index is 9.38. The molecule has 44 heavy (non-hydrogen) atoms. The van der Waals surface area contributed by atoms with Gasteiger partial charge in [-0.25, -0.2) is 0 Å². The van der Waals surface area contributed by atoms with Gasteiger partial charge in [-0.2, -0.15) is 21.0 Å². The number of hydrogen-bond donors (Lipinski definition) is 0. The summed E-state index contributed by atoms with van der Waals surface area (Å²) in [6.07, 6.45) is 14.0. The monoisotopic (exact) mass is 648 g/mol. The third-order valence-electron chi connectivity index (χ3n) is 9.27. The van der Waals surface area contributed by atoms with Crippen LogP contribution in [0.2, 0.25) is 0 Å². The molecule has 4 aromatic heterocycles. The van der Waals surface area contributed by atoms with E-state index < -0.39 is 11.2 Å². The molecule has 10 heteroatoms. The van der Waals surface area contributed by atoms with Crippen LogP contribution in [0.5, 0.6) is 11.5 Å². The molecule has 216 valence electrons.